The van der Waals surface area contributed by atoms with Crippen LogP contribution >= 0.6 is 23.5 Å². The van der Waals surface area contributed by atoms with E-state index in [4.69, 9.17) is 0 Å². The van der Waals surface area contributed by atoms with Gasteiger partial charge in [0.1, 0.15) is 0 Å². The number of non-ortho nitro benzene ring substituents is 1. The Bertz CT molecular complexity index is 761. The molecule has 2 aromatic carbocycles. The fourth-order valence-electron chi connectivity index (χ4n) is 2.41. The van der Waals surface area contributed by atoms with Gasteiger partial charge in [-0.1, -0.05) is 18.2 Å². The number of nitro groups is 1. The van der Waals surface area contributed by atoms with E-state index in [1.807, 2.05) is 41.7 Å². The van der Waals surface area contributed by atoms with Gasteiger partial charge in [-0.3, -0.25) is 14.9 Å². The third-order valence-electron chi connectivity index (χ3n) is 3.56. The molecule has 0 aliphatic carbocycles. The van der Waals surface area contributed by atoms with Crippen LogP contribution in [0.2, 0.25) is 0 Å². The molecule has 1 aliphatic rings. The van der Waals surface area contributed by atoms with Crippen molar-refractivity contribution >= 4 is 40.8 Å². The van der Waals surface area contributed by atoms with E-state index in [0.717, 1.165) is 11.5 Å². The number of nitro benzene ring substituents is 1. The molecule has 1 aliphatic heterocycles. The summed E-state index contributed by atoms with van der Waals surface area (Å²) in [5, 5.41) is 13.6. The summed E-state index contributed by atoms with van der Waals surface area (Å²) in [5.41, 5.74) is 2.07. The van der Waals surface area contributed by atoms with Crippen molar-refractivity contribution in [1.29, 1.82) is 0 Å². The monoisotopic (exact) mass is 360 g/mol. The van der Waals surface area contributed by atoms with Crippen LogP contribution in [0.25, 0.3) is 0 Å². The maximum Gasteiger partial charge on any atom is 0.270 e. The van der Waals surface area contributed by atoms with E-state index >= 15 is 0 Å². The minimum Gasteiger partial charge on any atom is -0.322 e. The zero-order valence-corrected chi connectivity index (χ0v) is 14.4. The highest BCUT2D eigenvalue weighted by atomic mass is 32.2. The SMILES string of the molecule is O=C(Nc1cccc(C2SCCCS2)c1)c1cccc([N+](=O)[O-])c1. The van der Waals surface area contributed by atoms with Crippen LogP contribution in [0.15, 0.2) is 48.5 Å². The lowest BCUT2D eigenvalue weighted by molar-refractivity contribution is -0.384. The van der Waals surface area contributed by atoms with Gasteiger partial charge in [-0.25, -0.2) is 0 Å². The van der Waals surface area contributed by atoms with E-state index in [1.165, 1.54) is 30.2 Å². The first-order chi connectivity index (χ1) is 11.6. The minimum atomic E-state index is -0.505. The molecular weight excluding hydrogens is 344 g/mol. The number of nitrogens with zero attached hydrogens (tertiary/aromatic N) is 1. The summed E-state index contributed by atoms with van der Waals surface area (Å²) in [7, 11) is 0. The topological polar surface area (TPSA) is 72.2 Å². The number of rotatable bonds is 4. The smallest absolute Gasteiger partial charge is 0.270 e. The number of hydrogen-bond acceptors (Lipinski definition) is 5. The second-order valence-electron chi connectivity index (χ2n) is 5.31. The van der Waals surface area contributed by atoms with Gasteiger partial charge in [-0.2, -0.15) is 0 Å². The second-order valence-corrected chi connectivity index (χ2v) is 8.04. The normalized spacial score (nSPS) is 15.0. The van der Waals surface area contributed by atoms with Crippen molar-refractivity contribution in [2.24, 2.45) is 0 Å². The van der Waals surface area contributed by atoms with Crippen molar-refractivity contribution in [3.05, 3.63) is 69.8 Å². The van der Waals surface area contributed by atoms with E-state index in [1.54, 1.807) is 6.07 Å². The summed E-state index contributed by atoms with van der Waals surface area (Å²) in [5.74, 6) is 1.96. The molecule has 0 saturated carbocycles. The van der Waals surface area contributed by atoms with Crippen LogP contribution in [-0.4, -0.2) is 22.3 Å². The highest BCUT2D eigenvalue weighted by Crippen LogP contribution is 2.44. The van der Waals surface area contributed by atoms with E-state index < -0.39 is 4.92 Å². The van der Waals surface area contributed by atoms with Gasteiger partial charge < -0.3 is 5.32 Å². The van der Waals surface area contributed by atoms with E-state index in [-0.39, 0.29) is 17.2 Å². The Labute approximate surface area is 148 Å². The number of anilines is 1. The highest BCUT2D eigenvalue weighted by Gasteiger charge is 2.17. The van der Waals surface area contributed by atoms with Crippen molar-refractivity contribution in [3.63, 3.8) is 0 Å². The summed E-state index contributed by atoms with van der Waals surface area (Å²) in [6, 6.07) is 13.5. The standard InChI is InChI=1S/C17H16N2O3S2/c20-16(12-4-2-7-15(11-12)19(21)22)18-14-6-1-5-13(10-14)17-23-8-3-9-24-17/h1-2,4-7,10-11,17H,3,8-9H2,(H,18,20). The van der Waals surface area contributed by atoms with Crippen molar-refractivity contribution < 1.29 is 9.72 Å². The van der Waals surface area contributed by atoms with Crippen LogP contribution in [0, 0.1) is 10.1 Å². The summed E-state index contributed by atoms with van der Waals surface area (Å²) in [4.78, 5) is 22.7. The fraction of sp³-hybridized carbons (Fsp3) is 0.235. The van der Waals surface area contributed by atoms with Gasteiger partial charge >= 0.3 is 0 Å². The molecule has 1 fully saturated rings. The molecule has 1 saturated heterocycles. The Balaban J connectivity index is 1.74. The first-order valence-corrected chi connectivity index (χ1v) is 9.62. The predicted molar refractivity (Wildman–Crippen MR) is 99.8 cm³/mol. The first-order valence-electron chi connectivity index (χ1n) is 7.52. The number of carbonyl (C=O) groups excluding carboxylic acids is 1. The lowest BCUT2D eigenvalue weighted by atomic mass is 10.1. The number of amides is 1. The maximum absolute atomic E-state index is 12.3. The molecular formula is C17H16N2O3S2. The Morgan fingerprint density at radius 3 is 2.62 bits per heavy atom. The van der Waals surface area contributed by atoms with Gasteiger partial charge in [0.05, 0.1) is 9.51 Å². The molecule has 5 nitrogen and oxygen atoms in total. The number of thioether (sulfide) groups is 2. The van der Waals surface area contributed by atoms with Crippen LogP contribution in [0.3, 0.4) is 0 Å². The number of carbonyl (C=O) groups is 1. The van der Waals surface area contributed by atoms with Crippen molar-refractivity contribution in [2.75, 3.05) is 16.8 Å². The van der Waals surface area contributed by atoms with Gasteiger partial charge in [0.25, 0.3) is 11.6 Å². The first kappa shape index (κ1) is 16.9. The van der Waals surface area contributed by atoms with Gasteiger partial charge in [0.15, 0.2) is 0 Å². The van der Waals surface area contributed by atoms with Crippen molar-refractivity contribution in [2.45, 2.75) is 11.0 Å². The third-order valence-corrected chi connectivity index (χ3v) is 6.58. The van der Waals surface area contributed by atoms with Crippen LogP contribution in [0.4, 0.5) is 11.4 Å². The third kappa shape index (κ3) is 4.10. The average Bonchev–Trinajstić information content (AvgIpc) is 2.63. The van der Waals surface area contributed by atoms with Gasteiger partial charge in [-0.05, 0) is 41.7 Å². The molecule has 1 heterocycles. The molecule has 0 spiro atoms. The summed E-state index contributed by atoms with van der Waals surface area (Å²) in [6.07, 6.45) is 1.23. The Morgan fingerprint density at radius 2 is 1.88 bits per heavy atom. The van der Waals surface area contributed by atoms with E-state index in [0.29, 0.717) is 10.3 Å². The Hall–Kier alpha value is -1.99. The largest absolute Gasteiger partial charge is 0.322 e. The van der Waals surface area contributed by atoms with Crippen molar-refractivity contribution in [3.8, 4) is 0 Å². The summed E-state index contributed by atoms with van der Waals surface area (Å²) < 4.78 is 0.397. The van der Waals surface area contributed by atoms with Crippen LogP contribution in [0.5, 0.6) is 0 Å². The number of benzene rings is 2. The Kier molecular flexibility index (Phi) is 5.42. The maximum atomic E-state index is 12.3. The molecule has 24 heavy (non-hydrogen) atoms. The van der Waals surface area contributed by atoms with Crippen LogP contribution in [-0.2, 0) is 0 Å². The molecule has 0 radical (unpaired) electrons. The molecule has 0 aromatic heterocycles. The molecule has 3 rings (SSSR count). The number of nitrogens with one attached hydrogen (secondary N) is 1. The van der Waals surface area contributed by atoms with E-state index in [9.17, 15) is 14.9 Å². The zero-order valence-electron chi connectivity index (χ0n) is 12.8. The average molecular weight is 360 g/mol. The molecule has 124 valence electrons. The summed E-state index contributed by atoms with van der Waals surface area (Å²) in [6.45, 7) is 0. The molecule has 1 N–H and O–H groups in total. The van der Waals surface area contributed by atoms with E-state index in [2.05, 4.69) is 11.4 Å². The lowest BCUT2D eigenvalue weighted by Crippen LogP contribution is -2.12. The highest BCUT2D eigenvalue weighted by molar-refractivity contribution is 8.16. The van der Waals surface area contributed by atoms with Crippen LogP contribution < -0.4 is 5.32 Å². The fourth-order valence-corrected chi connectivity index (χ4v) is 5.28. The van der Waals surface area contributed by atoms with Gasteiger partial charge in [0.2, 0.25) is 0 Å². The quantitative estimate of drug-likeness (QED) is 0.631. The van der Waals surface area contributed by atoms with Gasteiger partial charge in [0, 0.05) is 23.4 Å². The molecule has 2 aromatic rings. The second kappa shape index (κ2) is 7.72. The molecule has 7 heteroatoms. The predicted octanol–water partition coefficient (Wildman–Crippen LogP) is 4.72. The minimum absolute atomic E-state index is 0.0913. The molecule has 0 bridgehead atoms. The van der Waals surface area contributed by atoms with Gasteiger partial charge in [-0.15, -0.1) is 23.5 Å². The summed E-state index contributed by atoms with van der Waals surface area (Å²) >= 11 is 3.84. The molecule has 0 atom stereocenters. The molecule has 0 unspecified atom stereocenters. The van der Waals surface area contributed by atoms with Crippen LogP contribution in [0.1, 0.15) is 26.9 Å². The molecule has 1 amide bonds. The van der Waals surface area contributed by atoms with Crippen molar-refractivity contribution in [1.82, 2.24) is 0 Å². The zero-order chi connectivity index (χ0) is 16.9. The lowest BCUT2D eigenvalue weighted by Gasteiger charge is -2.21. The Morgan fingerprint density at radius 1 is 1.12 bits per heavy atom. The number of hydrogen-bond donors (Lipinski definition) is 1.